The number of anilines is 1. The number of nitrogens with one attached hydrogen (secondary N) is 1. The monoisotopic (exact) mass is 266 g/mol. The van der Waals surface area contributed by atoms with Crippen molar-refractivity contribution >= 4 is 11.6 Å². The zero-order valence-corrected chi connectivity index (χ0v) is 12.3. The average molecular weight is 266 g/mol. The van der Waals surface area contributed by atoms with Crippen LogP contribution in [0.4, 0.5) is 5.69 Å². The van der Waals surface area contributed by atoms with Gasteiger partial charge in [-0.15, -0.1) is 0 Å². The summed E-state index contributed by atoms with van der Waals surface area (Å²) in [6.45, 7) is 7.65. The number of aromatic nitrogens is 2. The molecule has 0 saturated heterocycles. The van der Waals surface area contributed by atoms with Gasteiger partial charge in [0.15, 0.2) is 0 Å². The summed E-state index contributed by atoms with van der Waals surface area (Å²) in [6, 6.07) is 0. The first-order chi connectivity index (χ1) is 9.13. The van der Waals surface area contributed by atoms with E-state index < -0.39 is 0 Å². The summed E-state index contributed by atoms with van der Waals surface area (Å²) in [5.74, 6) is 0.426. The molecular formula is C14H26N4O. The molecule has 1 heterocycles. The molecule has 1 amide bonds. The largest absolute Gasteiger partial charge is 0.396 e. The van der Waals surface area contributed by atoms with E-state index in [1.165, 1.54) is 19.0 Å². The van der Waals surface area contributed by atoms with E-state index in [1.54, 1.807) is 4.68 Å². The number of unbranched alkanes of at least 4 members (excludes halogenated alkanes) is 1. The predicted molar refractivity (Wildman–Crippen MR) is 78.0 cm³/mol. The minimum absolute atomic E-state index is 0.119. The first kappa shape index (κ1) is 15.5. The molecule has 0 spiro atoms. The van der Waals surface area contributed by atoms with Crippen molar-refractivity contribution < 1.29 is 4.79 Å². The van der Waals surface area contributed by atoms with Crippen molar-refractivity contribution in [2.45, 2.75) is 53.0 Å². The number of hydrogen-bond donors (Lipinski definition) is 2. The van der Waals surface area contributed by atoms with Gasteiger partial charge in [0.1, 0.15) is 5.69 Å². The maximum atomic E-state index is 12.1. The lowest BCUT2D eigenvalue weighted by molar-refractivity contribution is 0.0936. The molecule has 108 valence electrons. The Bertz CT molecular complexity index is 400. The third kappa shape index (κ3) is 4.26. The van der Waals surface area contributed by atoms with Crippen LogP contribution in [-0.4, -0.2) is 22.2 Å². The van der Waals surface area contributed by atoms with Crippen LogP contribution in [0.3, 0.4) is 0 Å². The number of hydrogen-bond acceptors (Lipinski definition) is 3. The van der Waals surface area contributed by atoms with Crippen LogP contribution in [0.2, 0.25) is 0 Å². The zero-order valence-electron chi connectivity index (χ0n) is 12.3. The summed E-state index contributed by atoms with van der Waals surface area (Å²) in [5, 5.41) is 7.06. The van der Waals surface area contributed by atoms with Gasteiger partial charge in [0, 0.05) is 13.1 Å². The van der Waals surface area contributed by atoms with Crippen molar-refractivity contribution in [1.29, 1.82) is 0 Å². The summed E-state index contributed by atoms with van der Waals surface area (Å²) < 4.78 is 1.64. The van der Waals surface area contributed by atoms with Gasteiger partial charge in [-0.2, -0.15) is 5.10 Å². The maximum Gasteiger partial charge on any atom is 0.271 e. The summed E-state index contributed by atoms with van der Waals surface area (Å²) in [7, 11) is 0. The minimum Gasteiger partial charge on any atom is -0.396 e. The summed E-state index contributed by atoms with van der Waals surface area (Å²) >= 11 is 0. The molecule has 0 bridgehead atoms. The van der Waals surface area contributed by atoms with E-state index in [2.05, 4.69) is 24.3 Å². The van der Waals surface area contributed by atoms with Crippen LogP contribution in [0.1, 0.15) is 56.9 Å². The molecule has 5 heteroatoms. The fourth-order valence-corrected chi connectivity index (χ4v) is 2.15. The first-order valence-corrected chi connectivity index (χ1v) is 7.23. The second kappa shape index (κ2) is 7.81. The van der Waals surface area contributed by atoms with Gasteiger partial charge in [0.2, 0.25) is 0 Å². The van der Waals surface area contributed by atoms with Gasteiger partial charge in [-0.1, -0.05) is 33.1 Å². The summed E-state index contributed by atoms with van der Waals surface area (Å²) in [4.78, 5) is 12.1. The van der Waals surface area contributed by atoms with E-state index in [4.69, 9.17) is 5.73 Å². The van der Waals surface area contributed by atoms with Gasteiger partial charge in [0.25, 0.3) is 5.91 Å². The summed E-state index contributed by atoms with van der Waals surface area (Å²) in [5.41, 5.74) is 6.72. The number of amides is 1. The van der Waals surface area contributed by atoms with E-state index in [0.29, 0.717) is 30.4 Å². The van der Waals surface area contributed by atoms with Crippen molar-refractivity contribution in [1.82, 2.24) is 15.1 Å². The Hall–Kier alpha value is -1.52. The van der Waals surface area contributed by atoms with Gasteiger partial charge in [-0.25, -0.2) is 0 Å². The van der Waals surface area contributed by atoms with Gasteiger partial charge >= 0.3 is 0 Å². The molecule has 0 aliphatic carbocycles. The van der Waals surface area contributed by atoms with Crippen molar-refractivity contribution in [2.24, 2.45) is 5.92 Å². The van der Waals surface area contributed by atoms with E-state index in [1.807, 2.05) is 6.92 Å². The third-order valence-electron chi connectivity index (χ3n) is 3.48. The lowest BCUT2D eigenvalue weighted by Crippen LogP contribution is -2.31. The standard InChI is InChI=1S/C14H26N4O/c1-4-7-8-11(5-2)9-16-14(19)13-12(15)10-17-18(13)6-3/h10-11H,4-9,15H2,1-3H3,(H,16,19). The van der Waals surface area contributed by atoms with Gasteiger partial charge in [-0.3, -0.25) is 9.48 Å². The van der Waals surface area contributed by atoms with Crippen LogP contribution in [0.15, 0.2) is 6.20 Å². The Morgan fingerprint density at radius 3 is 2.79 bits per heavy atom. The Morgan fingerprint density at radius 2 is 2.21 bits per heavy atom. The number of nitrogen functional groups attached to an aromatic ring is 1. The van der Waals surface area contributed by atoms with Crippen molar-refractivity contribution in [3.05, 3.63) is 11.9 Å². The van der Waals surface area contributed by atoms with E-state index in [9.17, 15) is 4.79 Å². The Balaban J connectivity index is 2.56. The number of nitrogens with zero attached hydrogens (tertiary/aromatic N) is 2. The first-order valence-electron chi connectivity index (χ1n) is 7.23. The topological polar surface area (TPSA) is 72.9 Å². The molecule has 0 radical (unpaired) electrons. The molecule has 5 nitrogen and oxygen atoms in total. The van der Waals surface area contributed by atoms with Crippen LogP contribution < -0.4 is 11.1 Å². The Morgan fingerprint density at radius 1 is 1.47 bits per heavy atom. The Kier molecular flexibility index (Phi) is 6.39. The third-order valence-corrected chi connectivity index (χ3v) is 3.48. The van der Waals surface area contributed by atoms with Crippen LogP contribution in [0.5, 0.6) is 0 Å². The molecule has 0 aliphatic heterocycles. The van der Waals surface area contributed by atoms with Crippen LogP contribution >= 0.6 is 0 Å². The fraction of sp³-hybridized carbons (Fsp3) is 0.714. The maximum absolute atomic E-state index is 12.1. The van der Waals surface area contributed by atoms with Gasteiger partial charge in [-0.05, 0) is 19.3 Å². The van der Waals surface area contributed by atoms with Crippen LogP contribution in [0.25, 0.3) is 0 Å². The highest BCUT2D eigenvalue weighted by Gasteiger charge is 2.17. The highest BCUT2D eigenvalue weighted by atomic mass is 16.2. The zero-order chi connectivity index (χ0) is 14.3. The minimum atomic E-state index is -0.119. The number of carbonyl (C=O) groups is 1. The molecule has 1 aromatic heterocycles. The van der Waals surface area contributed by atoms with Crippen molar-refractivity contribution in [3.8, 4) is 0 Å². The number of carbonyl (C=O) groups excluding carboxylic acids is 1. The average Bonchev–Trinajstić information content (AvgIpc) is 2.79. The molecule has 0 aromatic carbocycles. The van der Waals surface area contributed by atoms with Crippen molar-refractivity contribution in [2.75, 3.05) is 12.3 Å². The molecule has 3 N–H and O–H groups in total. The summed E-state index contributed by atoms with van der Waals surface area (Å²) in [6.07, 6.45) is 6.19. The number of aryl methyl sites for hydroxylation is 1. The van der Waals surface area contributed by atoms with Gasteiger partial charge in [0.05, 0.1) is 11.9 Å². The van der Waals surface area contributed by atoms with Gasteiger partial charge < -0.3 is 11.1 Å². The number of rotatable bonds is 8. The highest BCUT2D eigenvalue weighted by Crippen LogP contribution is 2.13. The second-order valence-corrected chi connectivity index (χ2v) is 4.89. The van der Waals surface area contributed by atoms with Crippen LogP contribution in [-0.2, 0) is 6.54 Å². The molecule has 0 aliphatic rings. The molecule has 19 heavy (non-hydrogen) atoms. The van der Waals surface area contributed by atoms with E-state index in [-0.39, 0.29) is 5.91 Å². The smallest absolute Gasteiger partial charge is 0.271 e. The lowest BCUT2D eigenvalue weighted by atomic mass is 9.99. The molecule has 0 fully saturated rings. The van der Waals surface area contributed by atoms with Crippen LogP contribution in [0, 0.1) is 5.92 Å². The molecule has 0 saturated carbocycles. The Labute approximate surface area is 115 Å². The lowest BCUT2D eigenvalue weighted by Gasteiger charge is -2.15. The molecule has 1 rings (SSSR count). The van der Waals surface area contributed by atoms with Crippen molar-refractivity contribution in [3.63, 3.8) is 0 Å². The highest BCUT2D eigenvalue weighted by molar-refractivity contribution is 5.97. The quantitative estimate of drug-likeness (QED) is 0.759. The van der Waals surface area contributed by atoms with E-state index in [0.717, 1.165) is 12.8 Å². The fourth-order valence-electron chi connectivity index (χ4n) is 2.15. The number of nitrogens with two attached hydrogens (primary N) is 1. The molecule has 1 unspecified atom stereocenters. The molecule has 1 aromatic rings. The van der Waals surface area contributed by atoms with E-state index >= 15 is 0 Å². The normalized spacial score (nSPS) is 12.4. The second-order valence-electron chi connectivity index (χ2n) is 4.89. The molecular weight excluding hydrogens is 240 g/mol. The molecule has 1 atom stereocenters. The predicted octanol–water partition coefficient (Wildman–Crippen LogP) is 2.43. The SMILES string of the molecule is CCCCC(CC)CNC(=O)c1c(N)cnn1CC.